The van der Waals surface area contributed by atoms with E-state index in [-0.39, 0.29) is 24.2 Å². The molecule has 0 aromatic carbocycles. The molecule has 0 spiro atoms. The maximum atomic E-state index is 11.0. The van der Waals surface area contributed by atoms with E-state index >= 15 is 0 Å². The molecule has 92 valence electrons. The molecule has 1 aliphatic heterocycles. The Morgan fingerprint density at radius 3 is 3.06 bits per heavy atom. The van der Waals surface area contributed by atoms with Crippen molar-refractivity contribution >= 4 is 17.7 Å². The van der Waals surface area contributed by atoms with Gasteiger partial charge in [0, 0.05) is 17.9 Å². The molecule has 1 aliphatic rings. The van der Waals surface area contributed by atoms with Crippen LogP contribution in [0.25, 0.3) is 0 Å². The van der Waals surface area contributed by atoms with E-state index in [4.69, 9.17) is 14.6 Å². The third kappa shape index (κ3) is 4.98. The van der Waals surface area contributed by atoms with Gasteiger partial charge in [0.1, 0.15) is 18.3 Å². The van der Waals surface area contributed by atoms with Gasteiger partial charge < -0.3 is 14.6 Å². The van der Waals surface area contributed by atoms with Gasteiger partial charge in [0.2, 0.25) is 0 Å². The first-order valence-corrected chi connectivity index (χ1v) is 6.14. The first-order chi connectivity index (χ1) is 7.65. The van der Waals surface area contributed by atoms with Crippen LogP contribution >= 0.6 is 11.8 Å². The van der Waals surface area contributed by atoms with Gasteiger partial charge in [0.25, 0.3) is 0 Å². The maximum Gasteiger partial charge on any atom is 0.333 e. The fraction of sp³-hybridized carbons (Fsp3) is 0.700. The molecule has 6 heteroatoms. The van der Waals surface area contributed by atoms with Gasteiger partial charge >= 0.3 is 5.97 Å². The molecule has 1 fully saturated rings. The molecule has 1 heterocycles. The summed E-state index contributed by atoms with van der Waals surface area (Å²) in [4.78, 5) is 11.0. The van der Waals surface area contributed by atoms with Crippen LogP contribution in [0.2, 0.25) is 0 Å². The van der Waals surface area contributed by atoms with Crippen LogP contribution in [0.4, 0.5) is 0 Å². The lowest BCUT2D eigenvalue weighted by atomic mass is 10.4. The second-order valence-electron chi connectivity index (χ2n) is 3.39. The maximum absolute atomic E-state index is 11.0. The molecule has 2 unspecified atom stereocenters. The Bertz CT molecular complexity index is 259. The third-order valence-electron chi connectivity index (χ3n) is 1.85. The number of epoxide rings is 1. The van der Waals surface area contributed by atoms with Gasteiger partial charge in [0.15, 0.2) is 0 Å². The monoisotopic (exact) mass is 247 g/mol. The van der Waals surface area contributed by atoms with Crippen LogP contribution < -0.4 is 5.32 Å². The summed E-state index contributed by atoms with van der Waals surface area (Å²) in [7, 11) is 0. The normalized spacial score (nSPS) is 22.9. The van der Waals surface area contributed by atoms with Gasteiger partial charge in [-0.1, -0.05) is 6.58 Å². The lowest BCUT2D eigenvalue weighted by Gasteiger charge is -2.04. The lowest BCUT2D eigenvalue weighted by molar-refractivity contribution is -0.138. The SMILES string of the molecule is C=C(C)C(=O)OCCNC1OC1SCCO. The van der Waals surface area contributed by atoms with E-state index in [1.807, 2.05) is 0 Å². The molecule has 2 atom stereocenters. The van der Waals surface area contributed by atoms with E-state index in [0.29, 0.717) is 24.5 Å². The van der Waals surface area contributed by atoms with Gasteiger partial charge in [-0.3, -0.25) is 5.32 Å². The Balaban J connectivity index is 1.93. The van der Waals surface area contributed by atoms with Gasteiger partial charge in [-0.25, -0.2) is 4.79 Å². The molecule has 0 aliphatic carbocycles. The zero-order chi connectivity index (χ0) is 12.0. The number of hydrogen-bond donors (Lipinski definition) is 2. The number of carbonyl (C=O) groups is 1. The quantitative estimate of drug-likeness (QED) is 0.274. The molecule has 0 aromatic heterocycles. The molecule has 2 N–H and O–H groups in total. The largest absolute Gasteiger partial charge is 0.461 e. The topological polar surface area (TPSA) is 71.1 Å². The van der Waals surface area contributed by atoms with Crippen molar-refractivity contribution in [1.82, 2.24) is 5.32 Å². The van der Waals surface area contributed by atoms with Crippen LogP contribution in [0.1, 0.15) is 6.92 Å². The van der Waals surface area contributed by atoms with Crippen LogP contribution in [-0.4, -0.2) is 48.3 Å². The van der Waals surface area contributed by atoms with Crippen LogP contribution in [0.15, 0.2) is 12.2 Å². The highest BCUT2D eigenvalue weighted by Gasteiger charge is 2.38. The second-order valence-corrected chi connectivity index (χ2v) is 4.60. The summed E-state index contributed by atoms with van der Waals surface area (Å²) in [6.07, 6.45) is 0.0140. The number of rotatable bonds is 8. The van der Waals surface area contributed by atoms with E-state index in [0.717, 1.165) is 0 Å². The Morgan fingerprint density at radius 2 is 2.44 bits per heavy atom. The van der Waals surface area contributed by atoms with E-state index < -0.39 is 0 Å². The smallest absolute Gasteiger partial charge is 0.333 e. The van der Waals surface area contributed by atoms with Gasteiger partial charge in [0.05, 0.1) is 6.61 Å². The average molecular weight is 247 g/mol. The molecule has 5 nitrogen and oxygen atoms in total. The number of carbonyl (C=O) groups excluding carboxylic acids is 1. The molecule has 0 amide bonds. The van der Waals surface area contributed by atoms with Crippen molar-refractivity contribution in [2.24, 2.45) is 0 Å². The molecule has 0 radical (unpaired) electrons. The Hall–Kier alpha value is -0.560. The highest BCUT2D eigenvalue weighted by atomic mass is 32.2. The number of hydrogen-bond acceptors (Lipinski definition) is 6. The first-order valence-electron chi connectivity index (χ1n) is 5.09. The van der Waals surface area contributed by atoms with Crippen LogP contribution in [-0.2, 0) is 14.3 Å². The van der Waals surface area contributed by atoms with Crippen molar-refractivity contribution in [1.29, 1.82) is 0 Å². The minimum absolute atomic E-state index is 0.0140. The molecular formula is C10H17NO4S. The van der Waals surface area contributed by atoms with Crippen molar-refractivity contribution in [3.05, 3.63) is 12.2 Å². The molecular weight excluding hydrogens is 230 g/mol. The predicted molar refractivity (Wildman–Crippen MR) is 62.0 cm³/mol. The van der Waals surface area contributed by atoms with E-state index in [2.05, 4.69) is 11.9 Å². The number of nitrogens with one attached hydrogen (secondary N) is 1. The van der Waals surface area contributed by atoms with Crippen LogP contribution in [0.5, 0.6) is 0 Å². The number of esters is 1. The molecule has 0 aromatic rings. The molecule has 1 rings (SSSR count). The van der Waals surface area contributed by atoms with Gasteiger partial charge in [-0.05, 0) is 6.92 Å². The molecule has 1 saturated heterocycles. The predicted octanol–water partition coefficient (Wildman–Crippen LogP) is 0.103. The van der Waals surface area contributed by atoms with E-state index in [1.54, 1.807) is 18.7 Å². The third-order valence-corrected chi connectivity index (χ3v) is 2.96. The average Bonchev–Trinajstić information content (AvgIpc) is 2.99. The Labute approximate surface area is 99.2 Å². The Morgan fingerprint density at radius 1 is 1.69 bits per heavy atom. The number of aliphatic hydroxyl groups is 1. The summed E-state index contributed by atoms with van der Waals surface area (Å²) in [6.45, 7) is 6.12. The Kier molecular flexibility index (Phi) is 5.83. The van der Waals surface area contributed by atoms with Crippen LogP contribution in [0.3, 0.4) is 0 Å². The van der Waals surface area contributed by atoms with Crippen molar-refractivity contribution in [3.63, 3.8) is 0 Å². The standard InChI is InChI=1S/C10H17NO4S/c1-7(2)9(13)14-5-3-11-8-10(15-8)16-6-4-12/h8,10-12H,1,3-6H2,2H3. The van der Waals surface area contributed by atoms with Crippen molar-refractivity contribution < 1.29 is 19.4 Å². The summed E-state index contributed by atoms with van der Waals surface area (Å²) in [5.74, 6) is 0.303. The number of aliphatic hydroxyl groups excluding tert-OH is 1. The van der Waals surface area contributed by atoms with Crippen molar-refractivity contribution in [2.75, 3.05) is 25.5 Å². The summed E-state index contributed by atoms with van der Waals surface area (Å²) in [5.41, 5.74) is 0.517. The summed E-state index contributed by atoms with van der Waals surface area (Å²) in [6, 6.07) is 0. The number of thioether (sulfide) groups is 1. The lowest BCUT2D eigenvalue weighted by Crippen LogP contribution is -2.25. The zero-order valence-corrected chi connectivity index (χ0v) is 10.1. The summed E-state index contributed by atoms with van der Waals surface area (Å²) >= 11 is 1.56. The highest BCUT2D eigenvalue weighted by molar-refractivity contribution is 8.00. The minimum Gasteiger partial charge on any atom is -0.461 e. The molecule has 0 saturated carbocycles. The molecule has 0 bridgehead atoms. The zero-order valence-electron chi connectivity index (χ0n) is 9.27. The second kappa shape index (κ2) is 6.90. The van der Waals surface area contributed by atoms with Gasteiger partial charge in [-0.2, -0.15) is 0 Å². The van der Waals surface area contributed by atoms with Crippen molar-refractivity contribution in [3.8, 4) is 0 Å². The fourth-order valence-corrected chi connectivity index (χ4v) is 1.81. The fourth-order valence-electron chi connectivity index (χ4n) is 1.01. The highest BCUT2D eigenvalue weighted by Crippen LogP contribution is 2.30. The summed E-state index contributed by atoms with van der Waals surface area (Å²) < 4.78 is 10.2. The van der Waals surface area contributed by atoms with Crippen molar-refractivity contribution in [2.45, 2.75) is 18.6 Å². The first kappa shape index (κ1) is 13.5. The van der Waals surface area contributed by atoms with Gasteiger partial charge in [-0.15, -0.1) is 11.8 Å². The van der Waals surface area contributed by atoms with E-state index in [1.165, 1.54) is 0 Å². The van der Waals surface area contributed by atoms with E-state index in [9.17, 15) is 4.79 Å². The van der Waals surface area contributed by atoms with Crippen LogP contribution in [0, 0.1) is 0 Å². The molecule has 16 heavy (non-hydrogen) atoms. The minimum atomic E-state index is -0.371. The summed E-state index contributed by atoms with van der Waals surface area (Å²) in [5, 5.41) is 11.7. The number of ether oxygens (including phenoxy) is 2.